The molecule has 2 N–H and O–H groups in total. The molecule has 0 aliphatic heterocycles. The Morgan fingerprint density at radius 3 is 2.61 bits per heavy atom. The summed E-state index contributed by atoms with van der Waals surface area (Å²) in [7, 11) is -4.34. The third-order valence-electron chi connectivity index (χ3n) is 4.14. The summed E-state index contributed by atoms with van der Waals surface area (Å²) in [4.78, 5) is 30.2. The first-order valence-corrected chi connectivity index (χ1v) is 11.2. The van der Waals surface area contributed by atoms with Crippen molar-refractivity contribution in [2.75, 3.05) is 0 Å². The fourth-order valence-corrected chi connectivity index (χ4v) is 4.28. The number of imidazole rings is 1. The van der Waals surface area contributed by atoms with E-state index in [0.29, 0.717) is 5.69 Å². The predicted octanol–water partition coefficient (Wildman–Crippen LogP) is 2.77. The van der Waals surface area contributed by atoms with Crippen molar-refractivity contribution in [3.63, 3.8) is 0 Å². The molecule has 0 amide bonds. The Balaban J connectivity index is 1.79. The highest BCUT2D eigenvalue weighted by Gasteiger charge is 2.28. The molecule has 0 bridgehead atoms. The summed E-state index contributed by atoms with van der Waals surface area (Å²) in [6.07, 6.45) is 2.91. The first kappa shape index (κ1) is 22.5. The van der Waals surface area contributed by atoms with Gasteiger partial charge in [0.2, 0.25) is 0 Å². The van der Waals surface area contributed by atoms with Crippen LogP contribution in [0.5, 0.6) is 0 Å². The lowest BCUT2D eigenvalue weighted by atomic mass is 10.2. The van der Waals surface area contributed by atoms with Gasteiger partial charge in [-0.15, -0.1) is 0 Å². The van der Waals surface area contributed by atoms with Gasteiger partial charge in [0.05, 0.1) is 11.3 Å². The normalized spacial score (nSPS) is 12.3. The Kier molecular flexibility index (Phi) is 7.05. The van der Waals surface area contributed by atoms with Crippen molar-refractivity contribution >= 4 is 33.7 Å². The molecule has 3 aromatic rings. The van der Waals surface area contributed by atoms with Gasteiger partial charge in [0.25, 0.3) is 5.69 Å². The predicted molar refractivity (Wildman–Crippen MR) is 113 cm³/mol. The van der Waals surface area contributed by atoms with Crippen LogP contribution in [0, 0.1) is 17.0 Å². The largest absolute Gasteiger partial charge is 0.348 e. The van der Waals surface area contributed by atoms with E-state index in [-0.39, 0.29) is 21.9 Å². The summed E-state index contributed by atoms with van der Waals surface area (Å²) in [5.41, 5.74) is 1.25. The summed E-state index contributed by atoms with van der Waals surface area (Å²) < 4.78 is 32.6. The van der Waals surface area contributed by atoms with Crippen LogP contribution in [0.1, 0.15) is 11.3 Å². The molecule has 0 radical (unpaired) electrons. The number of aromatic amines is 1. The fourth-order valence-electron chi connectivity index (χ4n) is 2.54. The number of aryl methyl sites for hydroxylation is 1. The van der Waals surface area contributed by atoms with Gasteiger partial charge in [-0.3, -0.25) is 10.1 Å². The summed E-state index contributed by atoms with van der Waals surface area (Å²) in [6, 6.07) is 10.7. The molecule has 3 rings (SSSR count). The van der Waals surface area contributed by atoms with Crippen molar-refractivity contribution in [2.45, 2.75) is 29.2 Å². The molecule has 0 spiro atoms. The highest BCUT2D eigenvalue weighted by atomic mass is 32.2. The Morgan fingerprint density at radius 2 is 1.97 bits per heavy atom. The van der Waals surface area contributed by atoms with E-state index >= 15 is 0 Å². The first-order valence-electron chi connectivity index (χ1n) is 8.94. The molecule has 0 fully saturated rings. The number of aromatic nitrogens is 2. The van der Waals surface area contributed by atoms with E-state index in [0.717, 1.165) is 17.5 Å². The molecule has 0 saturated carbocycles. The molecule has 0 aliphatic rings. The number of hydrogen-bond donors (Lipinski definition) is 2. The molecule has 1 atom stereocenters. The second kappa shape index (κ2) is 9.73. The lowest BCUT2D eigenvalue weighted by molar-refractivity contribution is -0.387. The number of nitro groups is 1. The summed E-state index contributed by atoms with van der Waals surface area (Å²) >= 11 is 0.836. The number of hydrogen-bond acceptors (Lipinski definition) is 9. The Bertz CT molecular complexity index is 1160. The topological polar surface area (TPSA) is 144 Å². The average Bonchev–Trinajstić information content (AvgIpc) is 3.24. The third kappa shape index (κ3) is 5.90. The van der Waals surface area contributed by atoms with Gasteiger partial charge in [-0.1, -0.05) is 29.8 Å². The summed E-state index contributed by atoms with van der Waals surface area (Å²) in [6.45, 7) is 1.80. The maximum atomic E-state index is 12.7. The minimum Gasteiger partial charge on any atom is -0.348 e. The van der Waals surface area contributed by atoms with Gasteiger partial charge in [-0.25, -0.2) is 14.5 Å². The van der Waals surface area contributed by atoms with Crippen molar-refractivity contribution in [3.05, 3.63) is 82.4 Å². The number of nitro benzene ring substituents is 1. The molecule has 1 heterocycles. The zero-order valence-electron chi connectivity index (χ0n) is 16.2. The maximum absolute atomic E-state index is 12.7. The van der Waals surface area contributed by atoms with Crippen molar-refractivity contribution in [2.24, 2.45) is 0 Å². The number of benzene rings is 2. The van der Waals surface area contributed by atoms with Crippen LogP contribution in [0.4, 0.5) is 5.69 Å². The smallest absolute Gasteiger partial charge is 0.341 e. The lowest BCUT2D eigenvalue weighted by Gasteiger charge is -2.16. The Hall–Kier alpha value is -3.22. The standard InChI is InChI=1S/C19H18N4O6S2/c1-13-6-8-15(9-7-13)31(27,28)29-19(24)16(10-14-11-20-12-21-14)22-30-18-5-3-2-4-17(18)23(25)26/h2-9,11-12,16,22H,10H2,1H3,(H,20,21)/t16-/m0/s1. The molecule has 31 heavy (non-hydrogen) atoms. The van der Waals surface area contributed by atoms with Gasteiger partial charge in [0.15, 0.2) is 0 Å². The van der Waals surface area contributed by atoms with E-state index < -0.39 is 27.1 Å². The van der Waals surface area contributed by atoms with Gasteiger partial charge in [0, 0.05) is 24.4 Å². The first-order chi connectivity index (χ1) is 14.8. The zero-order chi connectivity index (χ0) is 22.4. The van der Waals surface area contributed by atoms with Crippen LogP contribution < -0.4 is 4.72 Å². The summed E-state index contributed by atoms with van der Waals surface area (Å²) in [5, 5.41) is 11.2. The van der Waals surface area contributed by atoms with Gasteiger partial charge >= 0.3 is 16.1 Å². The second-order valence-electron chi connectivity index (χ2n) is 6.45. The summed E-state index contributed by atoms with van der Waals surface area (Å²) in [5.74, 6) is -1.05. The van der Waals surface area contributed by atoms with Crippen LogP contribution in [-0.2, 0) is 25.5 Å². The van der Waals surface area contributed by atoms with E-state index in [2.05, 4.69) is 14.7 Å². The lowest BCUT2D eigenvalue weighted by Crippen LogP contribution is -2.37. The molecule has 0 aliphatic carbocycles. The number of nitrogens with one attached hydrogen (secondary N) is 2. The molecule has 1 aromatic heterocycles. The zero-order valence-corrected chi connectivity index (χ0v) is 17.9. The van der Waals surface area contributed by atoms with Crippen molar-refractivity contribution in [3.8, 4) is 0 Å². The minimum absolute atomic E-state index is 0.0237. The second-order valence-corrected chi connectivity index (χ2v) is 8.87. The van der Waals surface area contributed by atoms with Crippen LogP contribution in [0.2, 0.25) is 0 Å². The van der Waals surface area contributed by atoms with E-state index in [4.69, 9.17) is 4.18 Å². The van der Waals surface area contributed by atoms with Crippen LogP contribution in [-0.4, -0.2) is 35.3 Å². The third-order valence-corrected chi connectivity index (χ3v) is 6.34. The number of carbonyl (C=O) groups excluding carboxylic acids is 1. The minimum atomic E-state index is -4.34. The monoisotopic (exact) mass is 462 g/mol. The highest BCUT2D eigenvalue weighted by Crippen LogP contribution is 2.27. The van der Waals surface area contributed by atoms with Crippen LogP contribution in [0.25, 0.3) is 0 Å². The average molecular weight is 463 g/mol. The number of H-pyrrole nitrogens is 1. The van der Waals surface area contributed by atoms with Crippen molar-refractivity contribution in [1.82, 2.24) is 14.7 Å². The number of rotatable bonds is 9. The maximum Gasteiger partial charge on any atom is 0.341 e. The van der Waals surface area contributed by atoms with Crippen LogP contribution in [0.3, 0.4) is 0 Å². The van der Waals surface area contributed by atoms with Gasteiger partial charge in [-0.05, 0) is 37.1 Å². The van der Waals surface area contributed by atoms with Crippen molar-refractivity contribution in [1.29, 1.82) is 0 Å². The molecule has 2 aromatic carbocycles. The molecular formula is C19H18N4O6S2. The molecular weight excluding hydrogens is 444 g/mol. The fraction of sp³-hybridized carbons (Fsp3) is 0.158. The molecule has 0 unspecified atom stereocenters. The van der Waals surface area contributed by atoms with Gasteiger partial charge in [0.1, 0.15) is 15.8 Å². The van der Waals surface area contributed by atoms with Crippen molar-refractivity contribution < 1.29 is 22.3 Å². The molecule has 0 saturated heterocycles. The molecule has 12 heteroatoms. The van der Waals surface area contributed by atoms with E-state index in [1.54, 1.807) is 25.1 Å². The van der Waals surface area contributed by atoms with E-state index in [1.165, 1.54) is 42.9 Å². The van der Waals surface area contributed by atoms with E-state index in [9.17, 15) is 23.3 Å². The number of carbonyl (C=O) groups is 1. The number of para-hydroxylation sites is 1. The Labute approximate surface area is 182 Å². The van der Waals surface area contributed by atoms with Gasteiger partial charge < -0.3 is 9.17 Å². The molecule has 162 valence electrons. The Morgan fingerprint density at radius 1 is 1.26 bits per heavy atom. The molecule has 10 nitrogen and oxygen atoms in total. The number of nitrogens with zero attached hydrogens (tertiary/aromatic N) is 2. The van der Waals surface area contributed by atoms with E-state index in [1.807, 2.05) is 0 Å². The highest BCUT2D eigenvalue weighted by molar-refractivity contribution is 7.97. The SMILES string of the molecule is Cc1ccc(S(=O)(=O)OC(=O)[C@H](Cc2cnc[nH]2)NSc2ccccc2[N+](=O)[O-])cc1. The van der Waals surface area contributed by atoms with Crippen LogP contribution in [0.15, 0.2) is 70.8 Å². The quantitative estimate of drug-likeness (QED) is 0.212. The van der Waals surface area contributed by atoms with Gasteiger partial charge in [-0.2, -0.15) is 8.42 Å². The van der Waals surface area contributed by atoms with Crippen LogP contribution >= 0.6 is 11.9 Å².